The number of likely N-dealkylation sites (N-methyl/N-ethyl adjacent to an activating group) is 1. The third-order valence-corrected chi connectivity index (χ3v) is 5.05. The number of nitrogens with zero attached hydrogens (tertiary/aromatic N) is 2. The lowest BCUT2D eigenvalue weighted by Gasteiger charge is -2.46. The molecular formula is C17H23ClN2O2. The fourth-order valence-electron chi connectivity index (χ4n) is 3.35. The molecule has 0 radical (unpaired) electrons. The molecule has 0 saturated carbocycles. The molecule has 0 aliphatic carbocycles. The van der Waals surface area contributed by atoms with Crippen molar-refractivity contribution in [3.8, 4) is 0 Å². The number of rotatable bonds is 3. The van der Waals surface area contributed by atoms with Crippen molar-refractivity contribution in [1.82, 2.24) is 9.80 Å². The molecule has 120 valence electrons. The lowest BCUT2D eigenvalue weighted by atomic mass is 9.89. The summed E-state index contributed by atoms with van der Waals surface area (Å²) >= 11 is 5.93. The molecule has 22 heavy (non-hydrogen) atoms. The van der Waals surface area contributed by atoms with Gasteiger partial charge >= 0.3 is 0 Å². The number of halogens is 1. The number of likely N-dealkylation sites (tertiary alicyclic amines) is 1. The molecular weight excluding hydrogens is 300 g/mol. The number of amides is 1. The average Bonchev–Trinajstić information content (AvgIpc) is 2.54. The maximum absolute atomic E-state index is 11.8. The Morgan fingerprint density at radius 3 is 2.55 bits per heavy atom. The van der Waals surface area contributed by atoms with Gasteiger partial charge < -0.3 is 9.64 Å². The Hall–Kier alpha value is -1.10. The van der Waals surface area contributed by atoms with Gasteiger partial charge in [0.2, 0.25) is 5.91 Å². The van der Waals surface area contributed by atoms with Crippen LogP contribution in [0.4, 0.5) is 0 Å². The molecule has 2 fully saturated rings. The summed E-state index contributed by atoms with van der Waals surface area (Å²) in [5.41, 5.74) is 1.16. The van der Waals surface area contributed by atoms with Crippen LogP contribution in [0.3, 0.4) is 0 Å². The van der Waals surface area contributed by atoms with Crippen molar-refractivity contribution in [2.45, 2.75) is 31.9 Å². The van der Waals surface area contributed by atoms with Crippen LogP contribution in [0.5, 0.6) is 0 Å². The number of carbonyl (C=O) groups excluding carboxylic acids is 1. The fraction of sp³-hybridized carbons (Fsp3) is 0.588. The maximum atomic E-state index is 11.8. The number of benzene rings is 1. The topological polar surface area (TPSA) is 32.8 Å². The molecule has 1 aromatic carbocycles. The van der Waals surface area contributed by atoms with E-state index in [-0.39, 0.29) is 18.1 Å². The van der Waals surface area contributed by atoms with Gasteiger partial charge in [-0.2, -0.15) is 0 Å². The first-order chi connectivity index (χ1) is 10.6. The van der Waals surface area contributed by atoms with Gasteiger partial charge in [0.1, 0.15) is 6.61 Å². The standard InChI is InChI=1S/C17H23ClN2O2/c1-2-20-13-17(22-12-16(20)21)7-9-19(10-8-17)11-14-3-5-15(18)6-4-14/h3-6H,2,7-13H2,1H3. The SMILES string of the molecule is CCN1CC2(CCN(Cc3ccc(Cl)cc3)CC2)OCC1=O. The van der Waals surface area contributed by atoms with Crippen LogP contribution >= 0.6 is 11.6 Å². The Bertz CT molecular complexity index is 524. The normalized spacial score (nSPS) is 22.3. The van der Waals surface area contributed by atoms with Crippen LogP contribution in [-0.2, 0) is 16.1 Å². The highest BCUT2D eigenvalue weighted by atomic mass is 35.5. The van der Waals surface area contributed by atoms with Crippen LogP contribution in [0.15, 0.2) is 24.3 Å². The van der Waals surface area contributed by atoms with Crippen molar-refractivity contribution in [3.63, 3.8) is 0 Å². The Morgan fingerprint density at radius 2 is 1.91 bits per heavy atom. The monoisotopic (exact) mass is 322 g/mol. The molecule has 1 spiro atoms. The summed E-state index contributed by atoms with van der Waals surface area (Å²) in [7, 11) is 0. The highest BCUT2D eigenvalue weighted by molar-refractivity contribution is 6.30. The predicted molar refractivity (Wildman–Crippen MR) is 86.9 cm³/mol. The van der Waals surface area contributed by atoms with E-state index in [1.807, 2.05) is 24.0 Å². The van der Waals surface area contributed by atoms with Crippen molar-refractivity contribution in [3.05, 3.63) is 34.9 Å². The Morgan fingerprint density at radius 1 is 1.23 bits per heavy atom. The van der Waals surface area contributed by atoms with Gasteiger partial charge in [-0.25, -0.2) is 0 Å². The van der Waals surface area contributed by atoms with Crippen molar-refractivity contribution in [2.75, 3.05) is 32.8 Å². The molecule has 4 nitrogen and oxygen atoms in total. The van der Waals surface area contributed by atoms with Gasteiger partial charge in [-0.1, -0.05) is 23.7 Å². The summed E-state index contributed by atoms with van der Waals surface area (Å²) in [5.74, 6) is 0.122. The minimum atomic E-state index is -0.125. The summed E-state index contributed by atoms with van der Waals surface area (Å²) in [6.07, 6.45) is 1.98. The second kappa shape index (κ2) is 6.57. The van der Waals surface area contributed by atoms with Gasteiger partial charge in [0, 0.05) is 37.7 Å². The van der Waals surface area contributed by atoms with E-state index in [0.717, 1.165) is 50.6 Å². The van der Waals surface area contributed by atoms with Gasteiger partial charge in [-0.15, -0.1) is 0 Å². The number of carbonyl (C=O) groups is 1. The summed E-state index contributed by atoms with van der Waals surface area (Å²) in [6.45, 7) is 6.76. The zero-order valence-corrected chi connectivity index (χ0v) is 13.8. The van der Waals surface area contributed by atoms with E-state index in [9.17, 15) is 4.79 Å². The average molecular weight is 323 g/mol. The number of hydrogen-bond donors (Lipinski definition) is 0. The smallest absolute Gasteiger partial charge is 0.248 e. The van der Waals surface area contributed by atoms with E-state index in [1.165, 1.54) is 5.56 Å². The quantitative estimate of drug-likeness (QED) is 0.857. The van der Waals surface area contributed by atoms with Crippen LogP contribution < -0.4 is 0 Å². The van der Waals surface area contributed by atoms with Crippen LogP contribution in [0.25, 0.3) is 0 Å². The molecule has 2 saturated heterocycles. The molecule has 0 atom stereocenters. The van der Waals surface area contributed by atoms with Gasteiger partial charge in [-0.05, 0) is 37.5 Å². The molecule has 0 unspecified atom stereocenters. The van der Waals surface area contributed by atoms with Crippen molar-refractivity contribution in [1.29, 1.82) is 0 Å². The second-order valence-electron chi connectivity index (χ2n) is 6.28. The van der Waals surface area contributed by atoms with Crippen molar-refractivity contribution in [2.24, 2.45) is 0 Å². The maximum Gasteiger partial charge on any atom is 0.248 e. The third-order valence-electron chi connectivity index (χ3n) is 4.80. The minimum Gasteiger partial charge on any atom is -0.363 e. The Kier molecular flexibility index (Phi) is 4.71. The number of piperidine rings is 1. The molecule has 0 aromatic heterocycles. The van der Waals surface area contributed by atoms with Crippen LogP contribution in [0.2, 0.25) is 5.02 Å². The first-order valence-electron chi connectivity index (χ1n) is 7.99. The summed E-state index contributed by atoms with van der Waals surface area (Å²) in [5, 5.41) is 0.779. The molecule has 2 aliphatic rings. The molecule has 1 aromatic rings. The largest absolute Gasteiger partial charge is 0.363 e. The van der Waals surface area contributed by atoms with Gasteiger partial charge in [0.05, 0.1) is 5.60 Å². The van der Waals surface area contributed by atoms with Crippen molar-refractivity contribution >= 4 is 17.5 Å². The van der Waals surface area contributed by atoms with Gasteiger partial charge in [-0.3, -0.25) is 9.69 Å². The van der Waals surface area contributed by atoms with Gasteiger partial charge in [0.25, 0.3) is 0 Å². The van der Waals surface area contributed by atoms with Crippen LogP contribution in [0.1, 0.15) is 25.3 Å². The first-order valence-corrected chi connectivity index (χ1v) is 8.36. The summed E-state index contributed by atoms with van der Waals surface area (Å²) < 4.78 is 5.93. The molecule has 0 bridgehead atoms. The van der Waals surface area contributed by atoms with Crippen molar-refractivity contribution < 1.29 is 9.53 Å². The van der Waals surface area contributed by atoms with E-state index in [0.29, 0.717) is 0 Å². The third kappa shape index (κ3) is 3.45. The van der Waals surface area contributed by atoms with E-state index in [2.05, 4.69) is 17.0 Å². The molecule has 2 heterocycles. The lowest BCUT2D eigenvalue weighted by Crippen LogP contribution is -2.58. The fourth-order valence-corrected chi connectivity index (χ4v) is 3.47. The number of hydrogen-bond acceptors (Lipinski definition) is 3. The van der Waals surface area contributed by atoms with Crippen LogP contribution in [-0.4, -0.2) is 54.1 Å². The molecule has 3 rings (SSSR count). The number of ether oxygens (including phenoxy) is 1. The Labute approximate surface area is 137 Å². The predicted octanol–water partition coefficient (Wildman–Crippen LogP) is 2.55. The van der Waals surface area contributed by atoms with E-state index < -0.39 is 0 Å². The zero-order chi connectivity index (χ0) is 15.6. The van der Waals surface area contributed by atoms with E-state index in [4.69, 9.17) is 16.3 Å². The minimum absolute atomic E-state index is 0.122. The molecule has 2 aliphatic heterocycles. The Balaban J connectivity index is 1.56. The highest BCUT2D eigenvalue weighted by Crippen LogP contribution is 2.31. The second-order valence-corrected chi connectivity index (χ2v) is 6.72. The van der Waals surface area contributed by atoms with Gasteiger partial charge in [0.15, 0.2) is 0 Å². The lowest BCUT2D eigenvalue weighted by molar-refractivity contribution is -0.171. The molecule has 0 N–H and O–H groups in total. The first kappa shape index (κ1) is 15.8. The zero-order valence-electron chi connectivity index (χ0n) is 13.1. The van der Waals surface area contributed by atoms with E-state index in [1.54, 1.807) is 0 Å². The molecule has 1 amide bonds. The van der Waals surface area contributed by atoms with Crippen LogP contribution in [0, 0.1) is 0 Å². The van der Waals surface area contributed by atoms with E-state index >= 15 is 0 Å². The highest BCUT2D eigenvalue weighted by Gasteiger charge is 2.41. The molecule has 5 heteroatoms. The summed E-state index contributed by atoms with van der Waals surface area (Å²) in [4.78, 5) is 16.1. The number of morpholine rings is 1. The summed E-state index contributed by atoms with van der Waals surface area (Å²) in [6, 6.07) is 8.05.